The van der Waals surface area contributed by atoms with Crippen LogP contribution in [-0.2, 0) is 17.8 Å². The van der Waals surface area contributed by atoms with E-state index in [2.05, 4.69) is 10.1 Å². The lowest BCUT2D eigenvalue weighted by atomic mass is 10.2. The molecule has 0 bridgehead atoms. The third-order valence-electron chi connectivity index (χ3n) is 3.30. The molecule has 0 aliphatic rings. The second-order valence-electron chi connectivity index (χ2n) is 4.94. The number of aromatic nitrogens is 3. The van der Waals surface area contributed by atoms with Crippen molar-refractivity contribution in [3.63, 3.8) is 0 Å². The van der Waals surface area contributed by atoms with E-state index in [4.69, 9.17) is 9.47 Å². The number of fused-ring (bicyclic) bond motifs is 1. The van der Waals surface area contributed by atoms with Gasteiger partial charge in [-0.1, -0.05) is 24.3 Å². The molecular formula is C16H15N3O4S. The van der Waals surface area contributed by atoms with Gasteiger partial charge in [-0.05, 0) is 24.6 Å². The van der Waals surface area contributed by atoms with Crippen molar-refractivity contribution in [2.24, 2.45) is 0 Å². The van der Waals surface area contributed by atoms with Gasteiger partial charge in [-0.25, -0.2) is 9.78 Å². The Kier molecular flexibility index (Phi) is 4.57. The third-order valence-corrected chi connectivity index (χ3v) is 4.35. The van der Waals surface area contributed by atoms with Crippen LogP contribution >= 0.6 is 11.3 Å². The molecular weight excluding hydrogens is 330 g/mol. The van der Waals surface area contributed by atoms with Gasteiger partial charge in [0.25, 0.3) is 5.56 Å². The Morgan fingerprint density at radius 3 is 2.92 bits per heavy atom. The van der Waals surface area contributed by atoms with Crippen molar-refractivity contribution in [3.8, 4) is 5.75 Å². The Morgan fingerprint density at radius 1 is 1.33 bits per heavy atom. The number of hydrogen-bond donors (Lipinski definition) is 0. The number of nitrogens with zero attached hydrogens (tertiary/aromatic N) is 3. The van der Waals surface area contributed by atoms with Crippen molar-refractivity contribution >= 4 is 22.3 Å². The van der Waals surface area contributed by atoms with Crippen LogP contribution in [0.25, 0.3) is 4.96 Å². The minimum atomic E-state index is -0.505. The maximum Gasteiger partial charge on any atom is 0.338 e. The van der Waals surface area contributed by atoms with Crippen LogP contribution in [-0.4, -0.2) is 27.7 Å². The van der Waals surface area contributed by atoms with Gasteiger partial charge in [-0.2, -0.15) is 9.61 Å². The van der Waals surface area contributed by atoms with Crippen molar-refractivity contribution in [2.45, 2.75) is 20.0 Å². The minimum absolute atomic E-state index is 0.0822. The van der Waals surface area contributed by atoms with Gasteiger partial charge in [-0.15, -0.1) is 0 Å². The maximum absolute atomic E-state index is 12.1. The molecule has 2 heterocycles. The van der Waals surface area contributed by atoms with Crippen molar-refractivity contribution < 1.29 is 14.3 Å². The van der Waals surface area contributed by atoms with E-state index in [9.17, 15) is 9.59 Å². The molecule has 0 atom stereocenters. The topological polar surface area (TPSA) is 82.8 Å². The zero-order valence-electron chi connectivity index (χ0n) is 13.2. The molecule has 0 spiro atoms. The maximum atomic E-state index is 12.1. The van der Waals surface area contributed by atoms with Gasteiger partial charge in [0.15, 0.2) is 0 Å². The molecule has 7 nitrogen and oxygen atoms in total. The molecule has 1 aromatic carbocycles. The van der Waals surface area contributed by atoms with Crippen LogP contribution in [0.2, 0.25) is 0 Å². The summed E-state index contributed by atoms with van der Waals surface area (Å²) >= 11 is 1.34. The zero-order valence-corrected chi connectivity index (χ0v) is 14.0. The van der Waals surface area contributed by atoms with Crippen molar-refractivity contribution in [2.75, 3.05) is 7.11 Å². The molecule has 3 aromatic rings. The highest BCUT2D eigenvalue weighted by atomic mass is 32.1. The fraction of sp³-hybridized carbons (Fsp3) is 0.250. The number of benzene rings is 1. The number of ether oxygens (including phenoxy) is 2. The first-order chi connectivity index (χ1) is 11.6. The zero-order chi connectivity index (χ0) is 17.1. The lowest BCUT2D eigenvalue weighted by molar-refractivity contribution is 0.0467. The van der Waals surface area contributed by atoms with Crippen LogP contribution in [0.4, 0.5) is 0 Å². The standard InChI is InChI=1S/C16H15N3O4S/c1-3-13-18-19-14(20)8-11(17-16(19)24-13)9-23-15(21)10-5-4-6-12(7-10)22-2/h4-8H,3,9H2,1-2H3. The molecule has 0 saturated carbocycles. The molecule has 0 radical (unpaired) electrons. The van der Waals surface area contributed by atoms with E-state index in [1.807, 2.05) is 6.92 Å². The average Bonchev–Trinajstić information content (AvgIpc) is 3.03. The molecule has 0 fully saturated rings. The molecule has 0 unspecified atom stereocenters. The van der Waals surface area contributed by atoms with Gasteiger partial charge < -0.3 is 9.47 Å². The van der Waals surface area contributed by atoms with E-state index in [0.29, 0.717) is 22.0 Å². The Morgan fingerprint density at radius 2 is 2.17 bits per heavy atom. The van der Waals surface area contributed by atoms with E-state index in [1.165, 1.54) is 29.0 Å². The summed E-state index contributed by atoms with van der Waals surface area (Å²) in [4.78, 5) is 28.9. The van der Waals surface area contributed by atoms with Crippen molar-refractivity contribution in [1.29, 1.82) is 0 Å². The highest BCUT2D eigenvalue weighted by Crippen LogP contribution is 2.15. The van der Waals surface area contributed by atoms with Crippen LogP contribution in [0.15, 0.2) is 35.1 Å². The molecule has 2 aromatic heterocycles. The van der Waals surface area contributed by atoms with Crippen LogP contribution in [0.3, 0.4) is 0 Å². The highest BCUT2D eigenvalue weighted by Gasteiger charge is 2.12. The quantitative estimate of drug-likeness (QED) is 0.659. The van der Waals surface area contributed by atoms with Gasteiger partial charge in [0.2, 0.25) is 4.96 Å². The van der Waals surface area contributed by atoms with E-state index in [0.717, 1.165) is 11.4 Å². The number of methoxy groups -OCH3 is 1. The predicted octanol–water partition coefficient (Wildman–Crippen LogP) is 2.08. The first kappa shape index (κ1) is 16.1. The van der Waals surface area contributed by atoms with Gasteiger partial charge in [0, 0.05) is 6.07 Å². The second-order valence-corrected chi connectivity index (χ2v) is 5.98. The second kappa shape index (κ2) is 6.79. The number of rotatable bonds is 5. The molecule has 24 heavy (non-hydrogen) atoms. The van der Waals surface area contributed by atoms with Crippen LogP contribution in [0.5, 0.6) is 5.75 Å². The lowest BCUT2D eigenvalue weighted by Gasteiger charge is -2.05. The molecule has 0 aliphatic heterocycles. The number of carbonyl (C=O) groups excluding carboxylic acids is 1. The smallest absolute Gasteiger partial charge is 0.338 e. The summed E-state index contributed by atoms with van der Waals surface area (Å²) in [6.45, 7) is 1.88. The SMILES string of the molecule is CCc1nn2c(=O)cc(COC(=O)c3cccc(OC)c3)nc2s1. The molecule has 8 heteroatoms. The van der Waals surface area contributed by atoms with E-state index < -0.39 is 5.97 Å². The van der Waals surface area contributed by atoms with Crippen LogP contribution in [0.1, 0.15) is 28.0 Å². The largest absolute Gasteiger partial charge is 0.497 e. The van der Waals surface area contributed by atoms with Crippen LogP contribution < -0.4 is 10.3 Å². The first-order valence-corrected chi connectivity index (χ1v) is 8.12. The Bertz CT molecular complexity index is 948. The monoisotopic (exact) mass is 345 g/mol. The third kappa shape index (κ3) is 3.28. The Balaban J connectivity index is 1.77. The number of hydrogen-bond acceptors (Lipinski definition) is 7. The number of aryl methyl sites for hydroxylation is 1. The summed E-state index contributed by atoms with van der Waals surface area (Å²) in [6.07, 6.45) is 0.730. The average molecular weight is 345 g/mol. The number of carbonyl (C=O) groups is 1. The van der Waals surface area contributed by atoms with Crippen molar-refractivity contribution in [3.05, 3.63) is 57.0 Å². The summed E-state index contributed by atoms with van der Waals surface area (Å²) in [5.74, 6) is 0.0634. The molecule has 0 aliphatic carbocycles. The molecule has 0 saturated heterocycles. The highest BCUT2D eigenvalue weighted by molar-refractivity contribution is 7.16. The Labute approximate surface area is 141 Å². The van der Waals surface area contributed by atoms with E-state index in [1.54, 1.807) is 24.3 Å². The van der Waals surface area contributed by atoms with E-state index in [-0.39, 0.29) is 12.2 Å². The predicted molar refractivity (Wildman–Crippen MR) is 88.6 cm³/mol. The molecule has 0 amide bonds. The molecule has 124 valence electrons. The normalized spacial score (nSPS) is 10.8. The van der Waals surface area contributed by atoms with E-state index >= 15 is 0 Å². The Hall–Kier alpha value is -2.74. The number of esters is 1. The van der Waals surface area contributed by atoms with Gasteiger partial charge in [0.05, 0.1) is 18.4 Å². The fourth-order valence-electron chi connectivity index (χ4n) is 2.09. The molecule has 3 rings (SSSR count). The summed E-state index contributed by atoms with van der Waals surface area (Å²) in [6, 6.07) is 7.99. The summed E-state index contributed by atoms with van der Waals surface area (Å²) in [5.41, 5.74) is 0.476. The molecule has 0 N–H and O–H groups in total. The summed E-state index contributed by atoms with van der Waals surface area (Å²) in [7, 11) is 1.52. The summed E-state index contributed by atoms with van der Waals surface area (Å²) < 4.78 is 11.6. The van der Waals surface area contributed by atoms with Gasteiger partial charge in [-0.3, -0.25) is 4.79 Å². The fourth-order valence-corrected chi connectivity index (χ4v) is 2.94. The van der Waals surface area contributed by atoms with Gasteiger partial charge >= 0.3 is 5.97 Å². The van der Waals surface area contributed by atoms with Crippen LogP contribution in [0, 0.1) is 0 Å². The van der Waals surface area contributed by atoms with Crippen molar-refractivity contribution in [1.82, 2.24) is 14.6 Å². The minimum Gasteiger partial charge on any atom is -0.497 e. The lowest BCUT2D eigenvalue weighted by Crippen LogP contribution is -2.16. The first-order valence-electron chi connectivity index (χ1n) is 7.30. The summed E-state index contributed by atoms with van der Waals surface area (Å²) in [5, 5.41) is 5.00. The van der Waals surface area contributed by atoms with Gasteiger partial charge in [0.1, 0.15) is 17.4 Å².